The maximum Gasteiger partial charge on any atom is 0.222 e. The number of carbonyl (C=O) groups excluding carboxylic acids is 1. The number of piperazine rings is 1. The van der Waals surface area contributed by atoms with Gasteiger partial charge in [-0.25, -0.2) is 0 Å². The summed E-state index contributed by atoms with van der Waals surface area (Å²) in [5.74, 6) is 1.16. The molecule has 0 aromatic heterocycles. The highest BCUT2D eigenvalue weighted by atomic mass is 35.5. The molecule has 0 aliphatic carbocycles. The Morgan fingerprint density at radius 1 is 1.15 bits per heavy atom. The maximum atomic E-state index is 12.3. The Morgan fingerprint density at radius 3 is 2.65 bits per heavy atom. The Morgan fingerprint density at radius 2 is 1.92 bits per heavy atom. The minimum Gasteiger partial charge on any atom is -0.492 e. The van der Waals surface area contributed by atoms with Crippen LogP contribution in [0, 0.1) is 0 Å². The van der Waals surface area contributed by atoms with Gasteiger partial charge in [0, 0.05) is 56.3 Å². The first-order valence-corrected chi connectivity index (χ1v) is 10.00. The smallest absolute Gasteiger partial charge is 0.222 e. The molecule has 3 rings (SSSR count). The summed E-state index contributed by atoms with van der Waals surface area (Å²) in [5, 5.41) is 0.724. The Bertz CT molecular complexity index is 610. The van der Waals surface area contributed by atoms with Crippen LogP contribution in [-0.4, -0.2) is 79.1 Å². The molecule has 1 spiro atoms. The van der Waals surface area contributed by atoms with Gasteiger partial charge in [-0.1, -0.05) is 11.6 Å². The highest BCUT2D eigenvalue weighted by Crippen LogP contribution is 2.32. The molecule has 0 N–H and O–H groups in total. The molecule has 1 amide bonds. The lowest BCUT2D eigenvalue weighted by molar-refractivity contribution is -0.130. The summed E-state index contributed by atoms with van der Waals surface area (Å²) in [7, 11) is 2.22. The van der Waals surface area contributed by atoms with Gasteiger partial charge in [0.1, 0.15) is 12.4 Å². The van der Waals surface area contributed by atoms with Crippen LogP contribution in [-0.2, 0) is 4.79 Å². The van der Waals surface area contributed by atoms with Crippen LogP contribution in [0.3, 0.4) is 0 Å². The van der Waals surface area contributed by atoms with Crippen molar-refractivity contribution < 1.29 is 9.53 Å². The van der Waals surface area contributed by atoms with Crippen molar-refractivity contribution >= 4 is 17.5 Å². The van der Waals surface area contributed by atoms with Crippen molar-refractivity contribution in [3.63, 3.8) is 0 Å². The van der Waals surface area contributed by atoms with Crippen LogP contribution >= 0.6 is 11.6 Å². The van der Waals surface area contributed by atoms with E-state index in [9.17, 15) is 4.79 Å². The van der Waals surface area contributed by atoms with Crippen LogP contribution in [0.15, 0.2) is 24.3 Å². The SMILES string of the molecule is CCN1CC[C@@]2(CCC1=O)CN(CCOc1ccc(Cl)cc1)CCN2C. The molecule has 1 atom stereocenters. The van der Waals surface area contributed by atoms with Crippen molar-refractivity contribution in [3.05, 3.63) is 29.3 Å². The number of ether oxygens (including phenoxy) is 1. The van der Waals surface area contributed by atoms with E-state index >= 15 is 0 Å². The quantitative estimate of drug-likeness (QED) is 0.788. The number of hydrogen-bond donors (Lipinski definition) is 0. The molecule has 6 heteroatoms. The minimum atomic E-state index is 0.109. The van der Waals surface area contributed by atoms with Crippen molar-refractivity contribution in [3.8, 4) is 5.75 Å². The number of nitrogens with zero attached hydrogens (tertiary/aromatic N) is 3. The molecular formula is C20H30ClN3O2. The van der Waals surface area contributed by atoms with E-state index in [4.69, 9.17) is 16.3 Å². The second-order valence-electron chi connectivity index (χ2n) is 7.45. The number of carbonyl (C=O) groups is 1. The Hall–Kier alpha value is -1.30. The summed E-state index contributed by atoms with van der Waals surface area (Å²) in [6, 6.07) is 7.52. The minimum absolute atomic E-state index is 0.109. The number of hydrogen-bond acceptors (Lipinski definition) is 4. The fraction of sp³-hybridized carbons (Fsp3) is 0.650. The number of likely N-dealkylation sites (tertiary alicyclic amines) is 1. The van der Waals surface area contributed by atoms with E-state index in [-0.39, 0.29) is 5.54 Å². The predicted molar refractivity (Wildman–Crippen MR) is 105 cm³/mol. The van der Waals surface area contributed by atoms with Crippen molar-refractivity contribution in [2.75, 3.05) is 52.9 Å². The molecule has 1 aromatic rings. The van der Waals surface area contributed by atoms with E-state index in [0.29, 0.717) is 18.9 Å². The third-order valence-electron chi connectivity index (χ3n) is 5.95. The van der Waals surface area contributed by atoms with Gasteiger partial charge in [0.2, 0.25) is 5.91 Å². The fourth-order valence-corrected chi connectivity index (χ4v) is 4.25. The molecular weight excluding hydrogens is 350 g/mol. The predicted octanol–water partition coefficient (Wildman–Crippen LogP) is 2.74. The van der Waals surface area contributed by atoms with Gasteiger partial charge >= 0.3 is 0 Å². The molecule has 5 nitrogen and oxygen atoms in total. The molecule has 0 unspecified atom stereocenters. The van der Waals surface area contributed by atoms with Gasteiger partial charge < -0.3 is 9.64 Å². The van der Waals surface area contributed by atoms with Crippen LogP contribution in [0.5, 0.6) is 5.75 Å². The van der Waals surface area contributed by atoms with Crippen molar-refractivity contribution in [2.45, 2.75) is 31.7 Å². The second kappa shape index (κ2) is 8.59. The monoisotopic (exact) mass is 379 g/mol. The summed E-state index contributed by atoms with van der Waals surface area (Å²) in [5.41, 5.74) is 0.109. The summed E-state index contributed by atoms with van der Waals surface area (Å²) in [4.78, 5) is 19.3. The number of amides is 1. The van der Waals surface area contributed by atoms with E-state index < -0.39 is 0 Å². The van der Waals surface area contributed by atoms with Crippen LogP contribution in [0.2, 0.25) is 5.02 Å². The van der Waals surface area contributed by atoms with Crippen LogP contribution in [0.4, 0.5) is 0 Å². The molecule has 0 radical (unpaired) electrons. The highest BCUT2D eigenvalue weighted by Gasteiger charge is 2.41. The van der Waals surface area contributed by atoms with Crippen molar-refractivity contribution in [1.29, 1.82) is 0 Å². The average molecular weight is 380 g/mol. The van der Waals surface area contributed by atoms with E-state index in [1.807, 2.05) is 29.2 Å². The van der Waals surface area contributed by atoms with Gasteiger partial charge in [0.05, 0.1) is 0 Å². The third kappa shape index (κ3) is 4.51. The lowest BCUT2D eigenvalue weighted by Crippen LogP contribution is -2.61. The number of likely N-dealkylation sites (N-methyl/N-ethyl adjacent to an activating group) is 1. The van der Waals surface area contributed by atoms with E-state index in [0.717, 1.165) is 62.9 Å². The zero-order valence-electron chi connectivity index (χ0n) is 15.9. The van der Waals surface area contributed by atoms with Gasteiger partial charge in [-0.3, -0.25) is 14.6 Å². The zero-order chi connectivity index (χ0) is 18.6. The molecule has 1 aromatic carbocycles. The standard InChI is InChI=1S/C20H30ClN3O2/c1-3-24-11-10-20(9-8-19(24)25)16-23(13-12-22(20)2)14-15-26-18-6-4-17(21)5-7-18/h4-7H,3,8-16H2,1-2H3/t20-/m0/s1. The number of benzene rings is 1. The third-order valence-corrected chi connectivity index (χ3v) is 6.21. The first kappa shape index (κ1) is 19.5. The van der Waals surface area contributed by atoms with Crippen LogP contribution in [0.25, 0.3) is 0 Å². The molecule has 2 aliphatic rings. The second-order valence-corrected chi connectivity index (χ2v) is 7.88. The molecule has 2 heterocycles. The van der Waals surface area contributed by atoms with E-state index in [1.165, 1.54) is 0 Å². The lowest BCUT2D eigenvalue weighted by atomic mass is 9.86. The van der Waals surface area contributed by atoms with Gasteiger partial charge in [-0.05, 0) is 51.1 Å². The van der Waals surface area contributed by atoms with Crippen molar-refractivity contribution in [2.24, 2.45) is 0 Å². The molecule has 26 heavy (non-hydrogen) atoms. The lowest BCUT2D eigenvalue weighted by Gasteiger charge is -2.49. The Labute approximate surface area is 161 Å². The number of rotatable bonds is 5. The average Bonchev–Trinajstić information content (AvgIpc) is 2.80. The first-order valence-electron chi connectivity index (χ1n) is 9.62. The van der Waals surface area contributed by atoms with E-state index in [1.54, 1.807) is 0 Å². The fourth-order valence-electron chi connectivity index (χ4n) is 4.12. The Balaban J connectivity index is 1.55. The summed E-state index contributed by atoms with van der Waals surface area (Å²) in [6.07, 6.45) is 2.66. The topological polar surface area (TPSA) is 36.0 Å². The van der Waals surface area contributed by atoms with Gasteiger partial charge in [-0.2, -0.15) is 0 Å². The highest BCUT2D eigenvalue weighted by molar-refractivity contribution is 6.30. The summed E-state index contributed by atoms with van der Waals surface area (Å²) in [6.45, 7) is 8.44. The first-order chi connectivity index (χ1) is 12.5. The van der Waals surface area contributed by atoms with Crippen LogP contribution in [0.1, 0.15) is 26.2 Å². The zero-order valence-corrected chi connectivity index (χ0v) is 16.7. The van der Waals surface area contributed by atoms with Gasteiger partial charge in [0.25, 0.3) is 0 Å². The summed E-state index contributed by atoms with van der Waals surface area (Å²) >= 11 is 5.91. The summed E-state index contributed by atoms with van der Waals surface area (Å²) < 4.78 is 5.87. The molecule has 2 aliphatic heterocycles. The van der Waals surface area contributed by atoms with Gasteiger partial charge in [-0.15, -0.1) is 0 Å². The van der Waals surface area contributed by atoms with Crippen LogP contribution < -0.4 is 4.74 Å². The molecule has 2 fully saturated rings. The Kier molecular flexibility index (Phi) is 6.43. The normalized spacial score (nSPS) is 25.5. The molecule has 2 saturated heterocycles. The van der Waals surface area contributed by atoms with Gasteiger partial charge in [0.15, 0.2) is 0 Å². The molecule has 144 valence electrons. The molecule has 0 saturated carbocycles. The van der Waals surface area contributed by atoms with E-state index in [2.05, 4.69) is 23.8 Å². The van der Waals surface area contributed by atoms with Crippen molar-refractivity contribution in [1.82, 2.24) is 14.7 Å². The largest absolute Gasteiger partial charge is 0.492 e. The molecule has 0 bridgehead atoms. The maximum absolute atomic E-state index is 12.3. The number of halogens is 1.